The van der Waals surface area contributed by atoms with Crippen molar-refractivity contribution in [3.63, 3.8) is 0 Å². The van der Waals surface area contributed by atoms with Gasteiger partial charge in [-0.3, -0.25) is 0 Å². The molecule has 1 aromatic heterocycles. The van der Waals surface area contributed by atoms with E-state index in [1.807, 2.05) is 0 Å². The summed E-state index contributed by atoms with van der Waals surface area (Å²) in [4.78, 5) is 0. The molecule has 0 bridgehead atoms. The molecule has 2 aromatic rings. The van der Waals surface area contributed by atoms with Gasteiger partial charge in [0.2, 0.25) is 0 Å². The fourth-order valence-corrected chi connectivity index (χ4v) is 2.53. The minimum absolute atomic E-state index is 0.0877. The first-order chi connectivity index (χ1) is 9.32. The van der Waals surface area contributed by atoms with Crippen molar-refractivity contribution in [3.05, 3.63) is 50.7 Å². The summed E-state index contributed by atoms with van der Waals surface area (Å²) in [5.41, 5.74) is -0.444. The predicted molar refractivity (Wildman–Crippen MR) is 75.0 cm³/mol. The Morgan fingerprint density at radius 1 is 1.20 bits per heavy atom. The van der Waals surface area contributed by atoms with E-state index in [0.29, 0.717) is 0 Å². The van der Waals surface area contributed by atoms with Crippen molar-refractivity contribution >= 4 is 39.1 Å². The van der Waals surface area contributed by atoms with E-state index in [4.69, 9.17) is 23.2 Å². The summed E-state index contributed by atoms with van der Waals surface area (Å²) in [6, 6.07) is 7.13. The molecule has 20 heavy (non-hydrogen) atoms. The molecule has 0 amide bonds. The van der Waals surface area contributed by atoms with Crippen LogP contribution in [0.5, 0.6) is 0 Å². The molecule has 0 saturated heterocycles. The smallest absolute Gasteiger partial charge is 0.249 e. The summed E-state index contributed by atoms with van der Waals surface area (Å²) in [5.74, 6) is -0.339. The van der Waals surface area contributed by atoms with Crippen LogP contribution >= 0.6 is 39.1 Å². The summed E-state index contributed by atoms with van der Waals surface area (Å²) < 4.78 is 40.4. The zero-order chi connectivity index (χ0) is 14.9. The number of hydrogen-bond donors (Lipinski definition) is 0. The van der Waals surface area contributed by atoms with E-state index in [1.165, 1.54) is 0 Å². The normalized spacial score (nSPS) is 11.9. The van der Waals surface area contributed by atoms with Gasteiger partial charge in [-0.2, -0.15) is 18.3 Å². The number of hydrogen-bond acceptors (Lipinski definition) is 1. The van der Waals surface area contributed by atoms with E-state index in [1.54, 1.807) is 24.3 Å². The van der Waals surface area contributed by atoms with Gasteiger partial charge in [0.1, 0.15) is 5.15 Å². The van der Waals surface area contributed by atoms with Crippen molar-refractivity contribution in [1.29, 1.82) is 0 Å². The van der Waals surface area contributed by atoms with Crippen LogP contribution in [-0.2, 0) is 18.6 Å². The van der Waals surface area contributed by atoms with Gasteiger partial charge in [-0.25, -0.2) is 4.68 Å². The van der Waals surface area contributed by atoms with Crippen molar-refractivity contribution in [2.24, 2.45) is 0 Å². The van der Waals surface area contributed by atoms with Gasteiger partial charge in [-0.15, -0.1) is 11.6 Å². The Morgan fingerprint density at radius 3 is 2.25 bits per heavy atom. The van der Waals surface area contributed by atoms with E-state index in [0.717, 1.165) is 14.7 Å². The summed E-state index contributed by atoms with van der Waals surface area (Å²) >= 11 is 14.7. The second kappa shape index (κ2) is 5.95. The average Bonchev–Trinajstić information content (AvgIpc) is 2.69. The Labute approximate surface area is 131 Å². The van der Waals surface area contributed by atoms with E-state index >= 15 is 0 Å². The molecule has 0 unspecified atom stereocenters. The zero-order valence-electron chi connectivity index (χ0n) is 9.89. The van der Waals surface area contributed by atoms with Crippen molar-refractivity contribution in [2.45, 2.75) is 18.6 Å². The van der Waals surface area contributed by atoms with Crippen molar-refractivity contribution in [3.8, 4) is 0 Å². The monoisotopic (exact) mass is 386 g/mol. The SMILES string of the molecule is FC(F)(F)c1nn(Cc2ccc(Br)cc2)c(Cl)c1CCl. The first kappa shape index (κ1) is 15.7. The van der Waals surface area contributed by atoms with Gasteiger partial charge < -0.3 is 0 Å². The maximum absolute atomic E-state index is 12.8. The number of aromatic nitrogens is 2. The molecule has 0 fully saturated rings. The lowest BCUT2D eigenvalue weighted by atomic mass is 10.2. The van der Waals surface area contributed by atoms with E-state index < -0.39 is 11.9 Å². The molecule has 0 radical (unpaired) electrons. The van der Waals surface area contributed by atoms with Gasteiger partial charge in [0.25, 0.3) is 0 Å². The van der Waals surface area contributed by atoms with Gasteiger partial charge in [0.05, 0.1) is 12.4 Å². The summed E-state index contributed by atoms with van der Waals surface area (Å²) in [6.45, 7) is 0.145. The van der Waals surface area contributed by atoms with Gasteiger partial charge in [-0.1, -0.05) is 39.7 Å². The van der Waals surface area contributed by atoms with E-state index in [2.05, 4.69) is 21.0 Å². The number of alkyl halides is 4. The van der Waals surface area contributed by atoms with Crippen LogP contribution < -0.4 is 0 Å². The molecule has 108 valence electrons. The highest BCUT2D eigenvalue weighted by Gasteiger charge is 2.38. The van der Waals surface area contributed by atoms with Crippen molar-refractivity contribution < 1.29 is 13.2 Å². The number of halogens is 6. The van der Waals surface area contributed by atoms with Gasteiger partial charge in [-0.05, 0) is 17.7 Å². The second-order valence-corrected chi connectivity index (χ2v) is 5.57. The molecule has 2 rings (SSSR count). The molecular weight excluding hydrogens is 380 g/mol. The molecule has 0 aliphatic rings. The van der Waals surface area contributed by atoms with Crippen molar-refractivity contribution in [2.75, 3.05) is 0 Å². The third kappa shape index (κ3) is 3.30. The molecule has 0 spiro atoms. The lowest BCUT2D eigenvalue weighted by Crippen LogP contribution is -2.10. The Balaban J connectivity index is 2.38. The molecule has 0 aliphatic heterocycles. The van der Waals surface area contributed by atoms with Crippen LogP contribution in [0.4, 0.5) is 13.2 Å². The first-order valence-electron chi connectivity index (χ1n) is 5.45. The fraction of sp³-hybridized carbons (Fsp3) is 0.250. The summed E-state index contributed by atoms with van der Waals surface area (Å²) in [6.07, 6.45) is -4.57. The average molecular weight is 388 g/mol. The molecule has 2 nitrogen and oxygen atoms in total. The quantitative estimate of drug-likeness (QED) is 0.669. The van der Waals surface area contributed by atoms with Gasteiger partial charge >= 0.3 is 6.18 Å². The van der Waals surface area contributed by atoms with Crippen LogP contribution in [0.2, 0.25) is 5.15 Å². The Kier molecular flexibility index (Phi) is 4.66. The van der Waals surface area contributed by atoms with Crippen LogP contribution in [0.15, 0.2) is 28.7 Å². The highest BCUT2D eigenvalue weighted by molar-refractivity contribution is 9.10. The first-order valence-corrected chi connectivity index (χ1v) is 7.16. The topological polar surface area (TPSA) is 17.8 Å². The lowest BCUT2D eigenvalue weighted by molar-refractivity contribution is -0.142. The van der Waals surface area contributed by atoms with E-state index in [-0.39, 0.29) is 23.1 Å². The number of nitrogens with zero attached hydrogens (tertiary/aromatic N) is 2. The third-order valence-corrected chi connectivity index (χ3v) is 3.85. The highest BCUT2D eigenvalue weighted by atomic mass is 79.9. The lowest BCUT2D eigenvalue weighted by Gasteiger charge is -2.04. The Hall–Kier alpha value is -0.720. The number of rotatable bonds is 3. The maximum Gasteiger partial charge on any atom is 0.435 e. The third-order valence-electron chi connectivity index (χ3n) is 2.63. The van der Waals surface area contributed by atoms with Crippen LogP contribution in [0.25, 0.3) is 0 Å². The Bertz CT molecular complexity index is 608. The standard InChI is InChI=1S/C12H8BrCl2F3N2/c13-8-3-1-7(2-4-8)6-20-11(15)9(5-14)10(19-20)12(16,17)18/h1-4H,5-6H2. The largest absolute Gasteiger partial charge is 0.435 e. The molecule has 0 N–H and O–H groups in total. The fourth-order valence-electron chi connectivity index (χ4n) is 1.69. The summed E-state index contributed by atoms with van der Waals surface area (Å²) in [7, 11) is 0. The number of benzene rings is 1. The maximum atomic E-state index is 12.8. The van der Waals surface area contributed by atoms with Crippen LogP contribution in [-0.4, -0.2) is 9.78 Å². The van der Waals surface area contributed by atoms with Gasteiger partial charge in [0.15, 0.2) is 5.69 Å². The van der Waals surface area contributed by atoms with Crippen molar-refractivity contribution in [1.82, 2.24) is 9.78 Å². The molecule has 1 aromatic carbocycles. The second-order valence-electron chi connectivity index (χ2n) is 4.03. The summed E-state index contributed by atoms with van der Waals surface area (Å²) in [5, 5.41) is 3.45. The molecular formula is C12H8BrCl2F3N2. The minimum Gasteiger partial charge on any atom is -0.249 e. The van der Waals surface area contributed by atoms with Gasteiger partial charge in [0, 0.05) is 10.0 Å². The molecule has 1 heterocycles. The van der Waals surface area contributed by atoms with Crippen LogP contribution in [0, 0.1) is 0 Å². The molecule has 0 saturated carbocycles. The van der Waals surface area contributed by atoms with Crippen LogP contribution in [0.3, 0.4) is 0 Å². The molecule has 0 atom stereocenters. The Morgan fingerprint density at radius 2 is 1.80 bits per heavy atom. The van der Waals surface area contributed by atoms with Crippen LogP contribution in [0.1, 0.15) is 16.8 Å². The predicted octanol–water partition coefficient (Wildman–Crippen LogP) is 5.10. The molecule has 8 heteroatoms. The molecule has 0 aliphatic carbocycles. The highest BCUT2D eigenvalue weighted by Crippen LogP contribution is 2.35. The zero-order valence-corrected chi connectivity index (χ0v) is 13.0. The minimum atomic E-state index is -4.57. The van der Waals surface area contributed by atoms with E-state index in [9.17, 15) is 13.2 Å².